The third kappa shape index (κ3) is 1.65. The number of nitrogens with zero attached hydrogens (tertiary/aromatic N) is 1. The normalized spacial score (nSPS) is 9.30. The highest BCUT2D eigenvalue weighted by molar-refractivity contribution is 7.80. The Hall–Kier alpha value is -0.670. The lowest BCUT2D eigenvalue weighted by molar-refractivity contribution is 1.29. The van der Waals surface area contributed by atoms with Crippen LogP contribution in [0.25, 0.3) is 0 Å². The van der Waals surface area contributed by atoms with E-state index in [-0.39, 0.29) is 4.99 Å². The Balaban J connectivity index is 3.07. The molecule has 0 amide bonds. The molecule has 0 radical (unpaired) electrons. The summed E-state index contributed by atoms with van der Waals surface area (Å²) < 4.78 is 0. The Bertz CT molecular complexity index is 262. The first-order chi connectivity index (χ1) is 4.70. The fourth-order valence-corrected chi connectivity index (χ4v) is 0.811. The molecule has 10 heavy (non-hydrogen) atoms. The molecule has 0 spiro atoms. The molecule has 0 saturated heterocycles. The van der Waals surface area contributed by atoms with Gasteiger partial charge in [-0.15, -0.1) is 0 Å². The summed E-state index contributed by atoms with van der Waals surface area (Å²) >= 11 is 10.3. The fraction of sp³-hybridized carbons (Fsp3) is 0. The molecule has 1 rings (SSSR count). The van der Waals surface area contributed by atoms with Crippen LogP contribution in [0.3, 0.4) is 0 Å². The average Bonchev–Trinajstić information content (AvgIpc) is 1.88. The van der Waals surface area contributed by atoms with Crippen molar-refractivity contribution in [2.45, 2.75) is 0 Å². The molecule has 52 valence electrons. The quantitative estimate of drug-likeness (QED) is 0.651. The standard InChI is InChI=1S/C6H5ClN2S/c7-4-1-2-9-5(3-4)6(8)10/h1-3H,(H2,8,10). The van der Waals surface area contributed by atoms with Crippen molar-refractivity contribution in [2.24, 2.45) is 5.73 Å². The largest absolute Gasteiger partial charge is 0.388 e. The minimum absolute atomic E-state index is 0.266. The lowest BCUT2D eigenvalue weighted by Gasteiger charge is -1.94. The summed E-state index contributed by atoms with van der Waals surface area (Å²) in [7, 11) is 0. The van der Waals surface area contributed by atoms with Gasteiger partial charge >= 0.3 is 0 Å². The average molecular weight is 173 g/mol. The van der Waals surface area contributed by atoms with Gasteiger partial charge in [-0.3, -0.25) is 4.98 Å². The highest BCUT2D eigenvalue weighted by atomic mass is 35.5. The molecule has 0 aliphatic heterocycles. The fourth-order valence-electron chi connectivity index (χ4n) is 0.540. The second kappa shape index (κ2) is 2.94. The lowest BCUT2D eigenvalue weighted by atomic mass is 10.3. The Labute approximate surface area is 69.0 Å². The van der Waals surface area contributed by atoms with Crippen LogP contribution in [0, 0.1) is 0 Å². The molecule has 1 aromatic rings. The van der Waals surface area contributed by atoms with Gasteiger partial charge in [0.2, 0.25) is 0 Å². The topological polar surface area (TPSA) is 38.9 Å². The Morgan fingerprint density at radius 2 is 2.40 bits per heavy atom. The molecule has 1 aromatic heterocycles. The maximum absolute atomic E-state index is 5.63. The molecule has 0 fully saturated rings. The minimum atomic E-state index is 0.266. The van der Waals surface area contributed by atoms with Gasteiger partial charge in [0.05, 0.1) is 5.69 Å². The maximum atomic E-state index is 5.63. The summed E-state index contributed by atoms with van der Waals surface area (Å²) in [5.74, 6) is 0. The number of rotatable bonds is 1. The summed E-state index contributed by atoms with van der Waals surface area (Å²) in [6.07, 6.45) is 1.57. The van der Waals surface area contributed by atoms with Crippen LogP contribution in [0.2, 0.25) is 5.02 Å². The molecule has 0 aliphatic rings. The van der Waals surface area contributed by atoms with Crippen LogP contribution in [0.1, 0.15) is 5.69 Å². The zero-order valence-electron chi connectivity index (χ0n) is 5.04. The zero-order chi connectivity index (χ0) is 7.56. The third-order valence-electron chi connectivity index (χ3n) is 0.974. The van der Waals surface area contributed by atoms with Crippen molar-refractivity contribution >= 4 is 28.8 Å². The van der Waals surface area contributed by atoms with E-state index in [1.165, 1.54) is 0 Å². The molecule has 4 heteroatoms. The summed E-state index contributed by atoms with van der Waals surface area (Å²) in [6, 6.07) is 3.30. The SMILES string of the molecule is NC(=S)c1cc(Cl)ccn1. The van der Waals surface area contributed by atoms with Crippen molar-refractivity contribution in [3.63, 3.8) is 0 Å². The third-order valence-corrected chi connectivity index (χ3v) is 1.42. The molecule has 0 aliphatic carbocycles. The zero-order valence-corrected chi connectivity index (χ0v) is 6.62. The molecule has 0 unspecified atom stereocenters. The molecule has 2 N–H and O–H groups in total. The van der Waals surface area contributed by atoms with Crippen LogP contribution in [0.5, 0.6) is 0 Å². The molecular formula is C6H5ClN2S. The van der Waals surface area contributed by atoms with E-state index in [0.29, 0.717) is 10.7 Å². The second-order valence-corrected chi connectivity index (χ2v) is 2.60. The van der Waals surface area contributed by atoms with E-state index >= 15 is 0 Å². The van der Waals surface area contributed by atoms with Crippen LogP contribution in [-0.2, 0) is 0 Å². The Morgan fingerprint density at radius 1 is 1.70 bits per heavy atom. The van der Waals surface area contributed by atoms with E-state index in [2.05, 4.69) is 17.2 Å². The molecule has 1 heterocycles. The highest BCUT2D eigenvalue weighted by Crippen LogP contribution is 2.07. The van der Waals surface area contributed by atoms with E-state index in [0.717, 1.165) is 0 Å². The predicted octanol–water partition coefficient (Wildman–Crippen LogP) is 1.37. The first kappa shape index (κ1) is 7.44. The number of thiocarbonyl (C=S) groups is 1. The van der Waals surface area contributed by atoms with Crippen molar-refractivity contribution in [2.75, 3.05) is 0 Å². The van der Waals surface area contributed by atoms with Crippen molar-refractivity contribution in [1.82, 2.24) is 4.98 Å². The lowest BCUT2D eigenvalue weighted by Crippen LogP contribution is -2.10. The number of halogens is 1. The molecule has 0 aromatic carbocycles. The highest BCUT2D eigenvalue weighted by Gasteiger charge is 1.96. The van der Waals surface area contributed by atoms with Crippen molar-refractivity contribution in [3.05, 3.63) is 29.0 Å². The maximum Gasteiger partial charge on any atom is 0.122 e. The van der Waals surface area contributed by atoms with Crippen LogP contribution in [-0.4, -0.2) is 9.97 Å². The molecule has 0 atom stereocenters. The van der Waals surface area contributed by atoms with Gasteiger partial charge in [0.25, 0.3) is 0 Å². The van der Waals surface area contributed by atoms with Crippen molar-refractivity contribution in [3.8, 4) is 0 Å². The summed E-state index contributed by atoms with van der Waals surface area (Å²) in [4.78, 5) is 4.15. The second-order valence-electron chi connectivity index (χ2n) is 1.72. The monoisotopic (exact) mass is 172 g/mol. The number of hydrogen-bond acceptors (Lipinski definition) is 2. The van der Waals surface area contributed by atoms with Gasteiger partial charge in [-0.25, -0.2) is 0 Å². The van der Waals surface area contributed by atoms with E-state index in [1.807, 2.05) is 0 Å². The van der Waals surface area contributed by atoms with Gasteiger partial charge in [-0.1, -0.05) is 23.8 Å². The van der Waals surface area contributed by atoms with E-state index in [1.54, 1.807) is 18.3 Å². The van der Waals surface area contributed by atoms with Gasteiger partial charge in [0, 0.05) is 11.2 Å². The summed E-state index contributed by atoms with van der Waals surface area (Å²) in [6.45, 7) is 0. The van der Waals surface area contributed by atoms with E-state index < -0.39 is 0 Å². The Kier molecular flexibility index (Phi) is 2.19. The van der Waals surface area contributed by atoms with Crippen molar-refractivity contribution < 1.29 is 0 Å². The summed E-state index contributed by atoms with van der Waals surface area (Å²) in [5.41, 5.74) is 5.85. The smallest absolute Gasteiger partial charge is 0.122 e. The van der Waals surface area contributed by atoms with Gasteiger partial charge < -0.3 is 5.73 Å². The molecule has 0 bridgehead atoms. The van der Waals surface area contributed by atoms with E-state index in [9.17, 15) is 0 Å². The van der Waals surface area contributed by atoms with Crippen LogP contribution < -0.4 is 5.73 Å². The van der Waals surface area contributed by atoms with Gasteiger partial charge in [0.15, 0.2) is 0 Å². The van der Waals surface area contributed by atoms with Crippen LogP contribution in [0.15, 0.2) is 18.3 Å². The van der Waals surface area contributed by atoms with Gasteiger partial charge in [-0.05, 0) is 12.1 Å². The number of hydrogen-bond donors (Lipinski definition) is 1. The van der Waals surface area contributed by atoms with Gasteiger partial charge in [-0.2, -0.15) is 0 Å². The van der Waals surface area contributed by atoms with Gasteiger partial charge in [0.1, 0.15) is 4.99 Å². The number of aromatic nitrogens is 1. The number of pyridine rings is 1. The van der Waals surface area contributed by atoms with E-state index in [4.69, 9.17) is 17.3 Å². The first-order valence-electron chi connectivity index (χ1n) is 2.61. The first-order valence-corrected chi connectivity index (χ1v) is 3.40. The van der Waals surface area contributed by atoms with Crippen molar-refractivity contribution in [1.29, 1.82) is 0 Å². The molecular weight excluding hydrogens is 168 g/mol. The summed E-state index contributed by atoms with van der Waals surface area (Å²) in [5, 5.41) is 0.595. The molecule has 2 nitrogen and oxygen atoms in total. The minimum Gasteiger partial charge on any atom is -0.388 e. The van der Waals surface area contributed by atoms with Crippen LogP contribution in [0.4, 0.5) is 0 Å². The molecule has 0 saturated carbocycles. The van der Waals surface area contributed by atoms with Crippen LogP contribution >= 0.6 is 23.8 Å². The predicted molar refractivity (Wildman–Crippen MR) is 45.1 cm³/mol. The Morgan fingerprint density at radius 3 is 2.80 bits per heavy atom. The number of nitrogens with two attached hydrogens (primary N) is 1.